The lowest BCUT2D eigenvalue weighted by molar-refractivity contribution is -0.140. The zero-order chi connectivity index (χ0) is 36.3. The number of ether oxygens (including phenoxy) is 7. The Hall–Kier alpha value is -5.78. The predicted octanol–water partition coefficient (Wildman–Crippen LogP) is 7.23. The van der Waals surface area contributed by atoms with Crippen LogP contribution in [-0.4, -0.2) is 63.7 Å². The molecule has 0 spiro atoms. The summed E-state index contributed by atoms with van der Waals surface area (Å²) >= 11 is 0. The van der Waals surface area contributed by atoms with E-state index in [9.17, 15) is 19.2 Å². The first-order chi connectivity index (χ1) is 24.6. The molecule has 0 bridgehead atoms. The van der Waals surface area contributed by atoms with Crippen LogP contribution in [0.4, 0.5) is 4.79 Å². The van der Waals surface area contributed by atoms with Gasteiger partial charge in [0.15, 0.2) is 0 Å². The molecule has 0 radical (unpaired) electrons. The monoisotopic (exact) mass is 694 g/mol. The first kappa shape index (κ1) is 36.5. The highest BCUT2D eigenvalue weighted by Gasteiger charge is 2.27. The first-order valence-corrected chi connectivity index (χ1v) is 16.3. The van der Waals surface area contributed by atoms with E-state index < -0.39 is 24.1 Å². The van der Waals surface area contributed by atoms with Crippen LogP contribution >= 0.6 is 0 Å². The zero-order valence-corrected chi connectivity index (χ0v) is 28.6. The maximum absolute atomic E-state index is 12.9. The predicted molar refractivity (Wildman–Crippen MR) is 186 cm³/mol. The van der Waals surface area contributed by atoms with E-state index in [0.29, 0.717) is 22.6 Å². The summed E-state index contributed by atoms with van der Waals surface area (Å²) in [5.41, 5.74) is 6.14. The maximum Gasteiger partial charge on any atom is 0.513 e. The Morgan fingerprint density at radius 1 is 0.588 bits per heavy atom. The van der Waals surface area contributed by atoms with E-state index in [1.54, 1.807) is 31.2 Å². The Morgan fingerprint density at radius 3 is 1.55 bits per heavy atom. The minimum Gasteiger partial charge on any atom is -0.460 e. The fourth-order valence-corrected chi connectivity index (χ4v) is 5.21. The molecule has 5 rings (SSSR count). The third-order valence-corrected chi connectivity index (χ3v) is 7.90. The molecule has 51 heavy (non-hydrogen) atoms. The van der Waals surface area contributed by atoms with E-state index in [1.807, 2.05) is 50.2 Å². The Labute approximate surface area is 295 Å². The van der Waals surface area contributed by atoms with Crippen LogP contribution in [0.25, 0.3) is 11.1 Å². The number of fused-ring (bicyclic) bond motifs is 3. The number of aryl methyl sites for hydroxylation is 1. The van der Waals surface area contributed by atoms with Crippen molar-refractivity contribution >= 4 is 24.1 Å². The molecular formula is C40H38O11. The normalized spacial score (nSPS) is 12.6. The van der Waals surface area contributed by atoms with Gasteiger partial charge in [-0.05, 0) is 96.8 Å². The lowest BCUT2D eigenvalue weighted by atomic mass is 9.99. The molecule has 1 unspecified atom stereocenters. The number of carbonyl (C=O) groups excluding carboxylic acids is 4. The first-order valence-electron chi connectivity index (χ1n) is 16.3. The van der Waals surface area contributed by atoms with Crippen LogP contribution in [0.2, 0.25) is 0 Å². The summed E-state index contributed by atoms with van der Waals surface area (Å²) in [4.78, 5) is 48.9. The molecule has 0 aromatic heterocycles. The molecule has 264 valence electrons. The van der Waals surface area contributed by atoms with Crippen molar-refractivity contribution in [1.82, 2.24) is 0 Å². The Balaban J connectivity index is 1.04. The van der Waals surface area contributed by atoms with Crippen molar-refractivity contribution in [2.75, 3.05) is 39.6 Å². The van der Waals surface area contributed by atoms with Gasteiger partial charge in [0.1, 0.15) is 30.5 Å². The second-order valence-electron chi connectivity index (χ2n) is 11.7. The number of hydrogen-bond donors (Lipinski definition) is 0. The van der Waals surface area contributed by atoms with Gasteiger partial charge in [-0.2, -0.15) is 0 Å². The van der Waals surface area contributed by atoms with Crippen molar-refractivity contribution in [3.8, 4) is 28.4 Å². The number of esters is 3. The van der Waals surface area contributed by atoms with Gasteiger partial charge in [-0.3, -0.25) is 0 Å². The Bertz CT molecular complexity index is 1890. The summed E-state index contributed by atoms with van der Waals surface area (Å²) < 4.78 is 37.0. The Morgan fingerprint density at radius 2 is 1.04 bits per heavy atom. The van der Waals surface area contributed by atoms with Gasteiger partial charge in [0.25, 0.3) is 0 Å². The highest BCUT2D eigenvalue weighted by molar-refractivity contribution is 5.92. The molecule has 0 saturated heterocycles. The minimum atomic E-state index is -0.922. The van der Waals surface area contributed by atoms with E-state index in [2.05, 4.69) is 6.58 Å². The molecule has 4 aromatic rings. The summed E-state index contributed by atoms with van der Waals surface area (Å²) in [5, 5.41) is 0. The largest absolute Gasteiger partial charge is 0.513 e. The highest BCUT2D eigenvalue weighted by Crippen LogP contribution is 2.47. The lowest BCUT2D eigenvalue weighted by Gasteiger charge is -2.10. The SMILES string of the molecule is C=C(C)C(=O)OCCOCCOCCOC(=O)Oc1ccc(C(=O)Oc2ccc3c(c2)C(C)c2cc(OC(=O)c4ccc(C)cc4)ccc2-3)cc1. The topological polar surface area (TPSA) is 133 Å². The molecule has 0 N–H and O–H groups in total. The van der Waals surface area contributed by atoms with Gasteiger partial charge in [0, 0.05) is 11.5 Å². The highest BCUT2D eigenvalue weighted by atomic mass is 16.7. The number of carbonyl (C=O) groups is 4. The molecule has 11 nitrogen and oxygen atoms in total. The maximum atomic E-state index is 12.9. The molecule has 0 heterocycles. The summed E-state index contributed by atoms with van der Waals surface area (Å²) in [6.07, 6.45) is -0.922. The smallest absolute Gasteiger partial charge is 0.460 e. The molecule has 1 aliphatic carbocycles. The van der Waals surface area contributed by atoms with Crippen molar-refractivity contribution < 1.29 is 52.3 Å². The summed E-state index contributed by atoms with van der Waals surface area (Å²) in [7, 11) is 0. The number of rotatable bonds is 15. The van der Waals surface area contributed by atoms with Gasteiger partial charge in [-0.1, -0.05) is 43.3 Å². The molecule has 0 fully saturated rings. The van der Waals surface area contributed by atoms with E-state index in [4.69, 9.17) is 33.2 Å². The van der Waals surface area contributed by atoms with Crippen molar-refractivity contribution in [3.05, 3.63) is 125 Å². The van der Waals surface area contributed by atoms with Gasteiger partial charge in [0.2, 0.25) is 0 Å². The van der Waals surface area contributed by atoms with E-state index >= 15 is 0 Å². The van der Waals surface area contributed by atoms with Crippen molar-refractivity contribution in [2.24, 2.45) is 0 Å². The van der Waals surface area contributed by atoms with Crippen LogP contribution in [0.5, 0.6) is 17.2 Å². The average Bonchev–Trinajstić information content (AvgIpc) is 3.39. The fraction of sp³-hybridized carbons (Fsp3) is 0.250. The van der Waals surface area contributed by atoms with Gasteiger partial charge >= 0.3 is 24.1 Å². The molecule has 4 aromatic carbocycles. The standard InChI is InChI=1S/C40H38O11/c1-25(2)37(41)47-21-19-45-17-18-46-20-22-48-40(44)51-30-11-9-29(10-12-30)39(43)50-32-14-16-34-33-15-13-31(23-35(33)27(4)36(34)24-32)49-38(42)28-7-5-26(3)6-8-28/h5-16,23-24,27H,1,17-22H2,2-4H3. The molecule has 11 heteroatoms. The second kappa shape index (κ2) is 17.2. The van der Waals surface area contributed by atoms with Gasteiger partial charge < -0.3 is 33.2 Å². The van der Waals surface area contributed by atoms with Crippen LogP contribution < -0.4 is 14.2 Å². The molecule has 1 atom stereocenters. The van der Waals surface area contributed by atoms with Crippen molar-refractivity contribution in [3.63, 3.8) is 0 Å². The minimum absolute atomic E-state index is 0.0278. The van der Waals surface area contributed by atoms with Crippen LogP contribution in [0.15, 0.2) is 97.1 Å². The number of benzene rings is 4. The zero-order valence-electron chi connectivity index (χ0n) is 28.6. The average molecular weight is 695 g/mol. The Kier molecular flexibility index (Phi) is 12.3. The third-order valence-electron chi connectivity index (χ3n) is 7.90. The second-order valence-corrected chi connectivity index (χ2v) is 11.7. The summed E-state index contributed by atoms with van der Waals surface area (Å²) in [5.74, 6) is -0.477. The van der Waals surface area contributed by atoms with Crippen molar-refractivity contribution in [2.45, 2.75) is 26.7 Å². The van der Waals surface area contributed by atoms with Gasteiger partial charge in [0.05, 0.1) is 37.6 Å². The summed E-state index contributed by atoms with van der Waals surface area (Å²) in [6, 6.07) is 24.2. The number of hydrogen-bond acceptors (Lipinski definition) is 11. The van der Waals surface area contributed by atoms with Crippen LogP contribution in [0.1, 0.15) is 57.2 Å². The summed E-state index contributed by atoms with van der Waals surface area (Å²) in [6.45, 7) is 10.0. The van der Waals surface area contributed by atoms with Crippen LogP contribution in [0, 0.1) is 6.92 Å². The van der Waals surface area contributed by atoms with E-state index in [1.165, 1.54) is 24.3 Å². The van der Waals surface area contributed by atoms with Gasteiger partial charge in [-0.15, -0.1) is 0 Å². The lowest BCUT2D eigenvalue weighted by Crippen LogP contribution is -2.16. The van der Waals surface area contributed by atoms with Crippen LogP contribution in [-0.2, 0) is 23.7 Å². The van der Waals surface area contributed by atoms with E-state index in [0.717, 1.165) is 27.8 Å². The van der Waals surface area contributed by atoms with E-state index in [-0.39, 0.29) is 56.9 Å². The molecular weight excluding hydrogens is 656 g/mol. The fourth-order valence-electron chi connectivity index (χ4n) is 5.21. The van der Waals surface area contributed by atoms with Crippen LogP contribution in [0.3, 0.4) is 0 Å². The third kappa shape index (κ3) is 9.90. The van der Waals surface area contributed by atoms with Gasteiger partial charge in [-0.25, -0.2) is 19.2 Å². The van der Waals surface area contributed by atoms with Crippen molar-refractivity contribution in [1.29, 1.82) is 0 Å². The quantitative estimate of drug-likeness (QED) is 0.0410. The molecule has 1 aliphatic rings. The molecule has 0 saturated carbocycles. The molecule has 0 amide bonds. The molecule has 0 aliphatic heterocycles.